The number of aromatic nitrogens is 2. The Balaban J connectivity index is 2.01. The lowest BCUT2D eigenvalue weighted by Gasteiger charge is -2.07. The number of pyridine rings is 2. The molecule has 2 aromatic heterocycles. The van der Waals surface area contributed by atoms with Gasteiger partial charge in [-0.25, -0.2) is 0 Å². The normalized spacial score (nSPS) is 11.0. The number of hydrogen-bond donors (Lipinski definition) is 0. The Hall–Kier alpha value is -2.74. The maximum Gasteiger partial charge on any atom is 0.0708 e. The van der Waals surface area contributed by atoms with Gasteiger partial charge in [0.15, 0.2) is 0 Å². The molecule has 0 unspecified atom stereocenters. The van der Waals surface area contributed by atoms with Crippen LogP contribution in [0.5, 0.6) is 0 Å². The first-order valence-corrected chi connectivity index (χ1v) is 6.61. The predicted octanol–water partition coefficient (Wildman–Crippen LogP) is 4.45. The van der Waals surface area contributed by atoms with Gasteiger partial charge in [0, 0.05) is 23.2 Å². The quantitative estimate of drug-likeness (QED) is 0.503. The minimum absolute atomic E-state index is 1.02. The molecule has 4 rings (SSSR count). The lowest BCUT2D eigenvalue weighted by Crippen LogP contribution is -1.85. The molecule has 0 atom stereocenters. The Kier molecular flexibility index (Phi) is 2.46. The van der Waals surface area contributed by atoms with Crippen molar-refractivity contribution in [1.82, 2.24) is 9.97 Å². The average Bonchev–Trinajstić information content (AvgIpc) is 2.54. The Morgan fingerprint density at radius 2 is 1.55 bits per heavy atom. The summed E-state index contributed by atoms with van der Waals surface area (Å²) in [6, 6.07) is 20.7. The van der Waals surface area contributed by atoms with Gasteiger partial charge in [-0.3, -0.25) is 9.97 Å². The van der Waals surface area contributed by atoms with Crippen LogP contribution in [0.1, 0.15) is 0 Å². The van der Waals surface area contributed by atoms with E-state index in [1.54, 1.807) is 0 Å². The van der Waals surface area contributed by atoms with Gasteiger partial charge in [0.2, 0.25) is 0 Å². The topological polar surface area (TPSA) is 25.8 Å². The minimum Gasteiger partial charge on any atom is -0.256 e. The lowest BCUT2D eigenvalue weighted by atomic mass is 10.00. The first-order valence-electron chi connectivity index (χ1n) is 6.61. The molecule has 2 nitrogen and oxygen atoms in total. The van der Waals surface area contributed by atoms with Crippen LogP contribution in [0.2, 0.25) is 0 Å². The molecule has 0 amide bonds. The van der Waals surface area contributed by atoms with Crippen molar-refractivity contribution in [3.8, 4) is 11.1 Å². The number of hydrogen-bond acceptors (Lipinski definition) is 2. The maximum atomic E-state index is 4.42. The van der Waals surface area contributed by atoms with Crippen molar-refractivity contribution in [2.45, 2.75) is 0 Å². The third-order valence-electron chi connectivity index (χ3n) is 3.56. The summed E-state index contributed by atoms with van der Waals surface area (Å²) in [5.74, 6) is 0. The van der Waals surface area contributed by atoms with Crippen molar-refractivity contribution in [3.63, 3.8) is 0 Å². The molecule has 0 aliphatic heterocycles. The van der Waals surface area contributed by atoms with Crippen LogP contribution in [0.3, 0.4) is 0 Å². The second kappa shape index (κ2) is 4.42. The lowest BCUT2D eigenvalue weighted by molar-refractivity contribution is 1.40. The van der Waals surface area contributed by atoms with Crippen LogP contribution in [0.4, 0.5) is 0 Å². The molecule has 0 spiro atoms. The van der Waals surface area contributed by atoms with E-state index in [-0.39, 0.29) is 0 Å². The number of para-hydroxylation sites is 1. The van der Waals surface area contributed by atoms with Crippen LogP contribution in [-0.4, -0.2) is 9.97 Å². The van der Waals surface area contributed by atoms with E-state index in [1.165, 1.54) is 16.5 Å². The summed E-state index contributed by atoms with van der Waals surface area (Å²) in [7, 11) is 0. The summed E-state index contributed by atoms with van der Waals surface area (Å²) < 4.78 is 0. The number of benzene rings is 2. The van der Waals surface area contributed by atoms with Gasteiger partial charge in [0.25, 0.3) is 0 Å². The molecule has 0 aliphatic carbocycles. The molecule has 2 heteroatoms. The number of rotatable bonds is 1. The van der Waals surface area contributed by atoms with Gasteiger partial charge in [-0.05, 0) is 41.5 Å². The Bertz CT molecular complexity index is 908. The summed E-state index contributed by atoms with van der Waals surface area (Å²) in [6.45, 7) is 0. The van der Waals surface area contributed by atoms with Crippen molar-refractivity contribution in [2.24, 2.45) is 0 Å². The molecule has 2 aromatic carbocycles. The highest BCUT2D eigenvalue weighted by molar-refractivity contribution is 5.96. The number of nitrogens with zero attached hydrogens (tertiary/aromatic N) is 2. The summed E-state index contributed by atoms with van der Waals surface area (Å²) in [5.41, 5.74) is 4.45. The first kappa shape index (κ1) is 11.1. The van der Waals surface area contributed by atoms with Crippen LogP contribution >= 0.6 is 0 Å². The highest BCUT2D eigenvalue weighted by Crippen LogP contribution is 2.29. The highest BCUT2D eigenvalue weighted by atomic mass is 14.6. The largest absolute Gasteiger partial charge is 0.256 e. The van der Waals surface area contributed by atoms with Crippen LogP contribution in [0.15, 0.2) is 73.1 Å². The second-order valence-electron chi connectivity index (χ2n) is 4.79. The van der Waals surface area contributed by atoms with Crippen molar-refractivity contribution in [3.05, 3.63) is 73.1 Å². The van der Waals surface area contributed by atoms with Crippen LogP contribution in [-0.2, 0) is 0 Å². The zero-order valence-electron chi connectivity index (χ0n) is 10.8. The fraction of sp³-hybridized carbons (Fsp3) is 0. The molecule has 0 bridgehead atoms. The minimum atomic E-state index is 1.02. The third kappa shape index (κ3) is 1.74. The molecule has 0 aliphatic rings. The van der Waals surface area contributed by atoms with E-state index in [4.69, 9.17) is 0 Å². The highest BCUT2D eigenvalue weighted by Gasteiger charge is 2.05. The average molecular weight is 256 g/mol. The molecule has 0 radical (unpaired) electrons. The summed E-state index contributed by atoms with van der Waals surface area (Å²) >= 11 is 0. The van der Waals surface area contributed by atoms with Crippen LogP contribution in [0, 0.1) is 0 Å². The summed E-state index contributed by atoms with van der Waals surface area (Å²) in [5, 5.41) is 2.34. The van der Waals surface area contributed by atoms with Crippen molar-refractivity contribution in [2.75, 3.05) is 0 Å². The predicted molar refractivity (Wildman–Crippen MR) is 82.5 cm³/mol. The molecule has 0 saturated carbocycles. The molecule has 94 valence electrons. The van der Waals surface area contributed by atoms with E-state index in [9.17, 15) is 0 Å². The van der Waals surface area contributed by atoms with Crippen molar-refractivity contribution < 1.29 is 0 Å². The monoisotopic (exact) mass is 256 g/mol. The van der Waals surface area contributed by atoms with Gasteiger partial charge in [-0.15, -0.1) is 0 Å². The van der Waals surface area contributed by atoms with E-state index < -0.39 is 0 Å². The fourth-order valence-corrected chi connectivity index (χ4v) is 2.59. The second-order valence-corrected chi connectivity index (χ2v) is 4.79. The van der Waals surface area contributed by atoms with Gasteiger partial charge < -0.3 is 0 Å². The first-order chi connectivity index (χ1) is 9.92. The van der Waals surface area contributed by atoms with Gasteiger partial charge >= 0.3 is 0 Å². The molecular formula is C18H12N2. The van der Waals surface area contributed by atoms with Crippen molar-refractivity contribution >= 4 is 21.8 Å². The zero-order chi connectivity index (χ0) is 13.4. The van der Waals surface area contributed by atoms with E-state index in [0.717, 1.165) is 16.4 Å². The van der Waals surface area contributed by atoms with E-state index in [2.05, 4.69) is 52.4 Å². The molecule has 0 saturated heterocycles. The standard InChI is InChI=1S/C18H12N2/c1-2-6-18-16(5-1)15(9-11-20-18)13-7-8-17-14(12-13)4-3-10-19-17/h1-12H. The molecule has 2 heterocycles. The molecular weight excluding hydrogens is 244 g/mol. The van der Waals surface area contributed by atoms with E-state index >= 15 is 0 Å². The van der Waals surface area contributed by atoms with E-state index in [0.29, 0.717) is 0 Å². The fourth-order valence-electron chi connectivity index (χ4n) is 2.59. The molecule has 20 heavy (non-hydrogen) atoms. The van der Waals surface area contributed by atoms with Gasteiger partial charge in [0.05, 0.1) is 11.0 Å². The molecule has 0 fully saturated rings. The number of fused-ring (bicyclic) bond motifs is 2. The van der Waals surface area contributed by atoms with E-state index in [1.807, 2.05) is 30.6 Å². The Morgan fingerprint density at radius 1 is 0.650 bits per heavy atom. The summed E-state index contributed by atoms with van der Waals surface area (Å²) in [4.78, 5) is 8.78. The third-order valence-corrected chi connectivity index (χ3v) is 3.56. The van der Waals surface area contributed by atoms with Crippen molar-refractivity contribution in [1.29, 1.82) is 0 Å². The van der Waals surface area contributed by atoms with Gasteiger partial charge in [-0.2, -0.15) is 0 Å². The summed E-state index contributed by atoms with van der Waals surface area (Å²) in [6.07, 6.45) is 3.69. The molecule has 4 aromatic rings. The van der Waals surface area contributed by atoms with Crippen LogP contribution < -0.4 is 0 Å². The maximum absolute atomic E-state index is 4.42. The van der Waals surface area contributed by atoms with Gasteiger partial charge in [0.1, 0.15) is 0 Å². The Labute approximate surface area is 116 Å². The SMILES string of the molecule is c1cnc2ccc(-c3ccnc4ccccc34)cc2c1. The smallest absolute Gasteiger partial charge is 0.0708 e. The van der Waals surface area contributed by atoms with Gasteiger partial charge in [-0.1, -0.05) is 30.3 Å². The van der Waals surface area contributed by atoms with Crippen LogP contribution in [0.25, 0.3) is 32.9 Å². The zero-order valence-corrected chi connectivity index (χ0v) is 10.8. The molecule has 0 N–H and O–H groups in total. The Morgan fingerprint density at radius 3 is 2.55 bits per heavy atom.